The Balaban J connectivity index is 1.81. The molecule has 2 heterocycles. The van der Waals surface area contributed by atoms with Crippen molar-refractivity contribution >= 4 is 22.7 Å². The van der Waals surface area contributed by atoms with Crippen molar-refractivity contribution in [3.63, 3.8) is 0 Å². The molecular formula is C17H20N2O5. The SMILES string of the molecule is CCOC(=O)N1CCN(c2cc3cc(OC)ccc3oc2=O)CC1. The summed E-state index contributed by atoms with van der Waals surface area (Å²) < 4.78 is 15.6. The first-order valence-corrected chi connectivity index (χ1v) is 7.91. The van der Waals surface area contributed by atoms with Crippen LogP contribution in [-0.2, 0) is 4.74 Å². The molecule has 1 aromatic carbocycles. The van der Waals surface area contributed by atoms with Crippen LogP contribution in [0.2, 0.25) is 0 Å². The van der Waals surface area contributed by atoms with Crippen LogP contribution in [0.25, 0.3) is 11.0 Å². The third-order valence-electron chi connectivity index (χ3n) is 4.07. The molecule has 0 radical (unpaired) electrons. The van der Waals surface area contributed by atoms with E-state index in [0.29, 0.717) is 49.8 Å². The number of methoxy groups -OCH3 is 1. The van der Waals surface area contributed by atoms with E-state index < -0.39 is 0 Å². The van der Waals surface area contributed by atoms with Gasteiger partial charge in [-0.05, 0) is 31.2 Å². The van der Waals surface area contributed by atoms with E-state index in [2.05, 4.69) is 0 Å². The molecule has 24 heavy (non-hydrogen) atoms. The normalized spacial score (nSPS) is 14.8. The zero-order valence-corrected chi connectivity index (χ0v) is 13.8. The summed E-state index contributed by atoms with van der Waals surface area (Å²) in [6.45, 7) is 4.26. The number of benzene rings is 1. The van der Waals surface area contributed by atoms with Crippen LogP contribution in [-0.4, -0.2) is 50.9 Å². The number of amides is 1. The number of rotatable bonds is 3. The van der Waals surface area contributed by atoms with Crippen LogP contribution in [0.15, 0.2) is 33.5 Å². The average molecular weight is 332 g/mol. The first kappa shape index (κ1) is 16.2. The number of anilines is 1. The number of carbonyl (C=O) groups excluding carboxylic acids is 1. The Bertz CT molecular complexity index is 793. The van der Waals surface area contributed by atoms with Crippen molar-refractivity contribution in [2.24, 2.45) is 0 Å². The first-order valence-electron chi connectivity index (χ1n) is 7.91. The fourth-order valence-electron chi connectivity index (χ4n) is 2.78. The van der Waals surface area contributed by atoms with Gasteiger partial charge in [0.1, 0.15) is 17.0 Å². The maximum Gasteiger partial charge on any atom is 0.409 e. The smallest absolute Gasteiger partial charge is 0.409 e. The minimum absolute atomic E-state index is 0.313. The summed E-state index contributed by atoms with van der Waals surface area (Å²) >= 11 is 0. The average Bonchev–Trinajstić information content (AvgIpc) is 2.61. The van der Waals surface area contributed by atoms with Crippen molar-refractivity contribution in [2.45, 2.75) is 6.92 Å². The van der Waals surface area contributed by atoms with Crippen LogP contribution in [0.5, 0.6) is 5.75 Å². The third-order valence-corrected chi connectivity index (χ3v) is 4.07. The lowest BCUT2D eigenvalue weighted by molar-refractivity contribution is 0.105. The van der Waals surface area contributed by atoms with Gasteiger partial charge in [-0.15, -0.1) is 0 Å². The van der Waals surface area contributed by atoms with E-state index in [4.69, 9.17) is 13.9 Å². The van der Waals surface area contributed by atoms with Crippen molar-refractivity contribution < 1.29 is 18.7 Å². The number of carbonyl (C=O) groups is 1. The highest BCUT2D eigenvalue weighted by molar-refractivity contribution is 5.81. The second-order valence-corrected chi connectivity index (χ2v) is 5.50. The topological polar surface area (TPSA) is 72.2 Å². The van der Waals surface area contributed by atoms with E-state index in [1.54, 1.807) is 31.1 Å². The highest BCUT2D eigenvalue weighted by Crippen LogP contribution is 2.23. The van der Waals surface area contributed by atoms with Gasteiger partial charge >= 0.3 is 11.7 Å². The number of hydrogen-bond acceptors (Lipinski definition) is 6. The van der Waals surface area contributed by atoms with Crippen molar-refractivity contribution in [3.05, 3.63) is 34.7 Å². The molecule has 0 atom stereocenters. The van der Waals surface area contributed by atoms with Crippen LogP contribution in [0, 0.1) is 0 Å². The lowest BCUT2D eigenvalue weighted by Crippen LogP contribution is -2.49. The molecule has 3 rings (SSSR count). The van der Waals surface area contributed by atoms with Gasteiger partial charge in [0.2, 0.25) is 0 Å². The van der Waals surface area contributed by atoms with Gasteiger partial charge in [0.15, 0.2) is 0 Å². The fraction of sp³-hybridized carbons (Fsp3) is 0.412. The molecule has 1 aliphatic rings. The molecule has 0 spiro atoms. The summed E-state index contributed by atoms with van der Waals surface area (Å²) in [5.74, 6) is 0.703. The Morgan fingerprint density at radius 1 is 1.21 bits per heavy atom. The molecule has 1 amide bonds. The van der Waals surface area contributed by atoms with E-state index in [0.717, 1.165) is 5.39 Å². The predicted molar refractivity (Wildman–Crippen MR) is 89.8 cm³/mol. The number of hydrogen-bond donors (Lipinski definition) is 0. The van der Waals surface area contributed by atoms with Crippen LogP contribution in [0.4, 0.5) is 10.5 Å². The van der Waals surface area contributed by atoms with E-state index >= 15 is 0 Å². The van der Waals surface area contributed by atoms with Gasteiger partial charge in [-0.2, -0.15) is 0 Å². The number of nitrogens with zero attached hydrogens (tertiary/aromatic N) is 2. The zero-order valence-electron chi connectivity index (χ0n) is 13.8. The minimum atomic E-state index is -0.378. The lowest BCUT2D eigenvalue weighted by atomic mass is 10.2. The molecule has 1 aromatic heterocycles. The number of piperazine rings is 1. The Hall–Kier alpha value is -2.70. The molecule has 2 aromatic rings. The summed E-state index contributed by atoms with van der Waals surface area (Å²) in [5.41, 5.74) is 0.645. The van der Waals surface area contributed by atoms with Crippen LogP contribution >= 0.6 is 0 Å². The molecule has 7 heteroatoms. The molecule has 0 unspecified atom stereocenters. The second kappa shape index (κ2) is 6.82. The number of ether oxygens (including phenoxy) is 2. The van der Waals surface area contributed by atoms with Gasteiger partial charge in [0, 0.05) is 31.6 Å². The van der Waals surface area contributed by atoms with Gasteiger partial charge in [0.25, 0.3) is 0 Å². The predicted octanol–water partition coefficient (Wildman–Crippen LogP) is 2.08. The lowest BCUT2D eigenvalue weighted by Gasteiger charge is -2.34. The van der Waals surface area contributed by atoms with E-state index in [-0.39, 0.29) is 11.7 Å². The Labute approximate surface area is 139 Å². The summed E-state index contributed by atoms with van der Waals surface area (Å²) in [5, 5.41) is 0.803. The summed E-state index contributed by atoms with van der Waals surface area (Å²) in [6.07, 6.45) is -0.313. The second-order valence-electron chi connectivity index (χ2n) is 5.50. The summed E-state index contributed by atoms with van der Waals surface area (Å²) in [6, 6.07) is 7.11. The van der Waals surface area contributed by atoms with Crippen molar-refractivity contribution in [1.82, 2.24) is 4.90 Å². The van der Waals surface area contributed by atoms with E-state index in [1.807, 2.05) is 17.0 Å². The van der Waals surface area contributed by atoms with E-state index in [9.17, 15) is 9.59 Å². The highest BCUT2D eigenvalue weighted by Gasteiger charge is 2.24. The van der Waals surface area contributed by atoms with Gasteiger partial charge in [-0.3, -0.25) is 0 Å². The number of fused-ring (bicyclic) bond motifs is 1. The molecule has 1 aliphatic heterocycles. The van der Waals surface area contributed by atoms with Crippen molar-refractivity contribution in [1.29, 1.82) is 0 Å². The summed E-state index contributed by atoms with van der Waals surface area (Å²) in [4.78, 5) is 27.6. The standard InChI is InChI=1S/C17H20N2O5/c1-3-23-17(21)19-8-6-18(7-9-19)14-11-12-10-13(22-2)4-5-15(12)24-16(14)20/h4-5,10-11H,3,6-9H2,1-2H3. The van der Waals surface area contributed by atoms with Crippen molar-refractivity contribution in [3.8, 4) is 5.75 Å². The van der Waals surface area contributed by atoms with Crippen LogP contribution < -0.4 is 15.3 Å². The maximum atomic E-state index is 12.3. The molecule has 128 valence electrons. The molecule has 1 saturated heterocycles. The molecule has 0 saturated carbocycles. The van der Waals surface area contributed by atoms with Crippen LogP contribution in [0.1, 0.15) is 6.92 Å². The highest BCUT2D eigenvalue weighted by atomic mass is 16.6. The third kappa shape index (κ3) is 3.15. The van der Waals surface area contributed by atoms with Gasteiger partial charge in [0.05, 0.1) is 13.7 Å². The fourth-order valence-corrected chi connectivity index (χ4v) is 2.78. The zero-order chi connectivity index (χ0) is 17.1. The van der Waals surface area contributed by atoms with Gasteiger partial charge in [-0.25, -0.2) is 9.59 Å². The van der Waals surface area contributed by atoms with Crippen molar-refractivity contribution in [2.75, 3.05) is 44.8 Å². The Morgan fingerprint density at radius 3 is 2.62 bits per heavy atom. The molecule has 1 fully saturated rings. The Morgan fingerprint density at radius 2 is 1.96 bits per heavy atom. The first-order chi connectivity index (χ1) is 11.6. The van der Waals surface area contributed by atoms with E-state index in [1.165, 1.54) is 0 Å². The molecule has 0 bridgehead atoms. The molecule has 0 aliphatic carbocycles. The maximum absolute atomic E-state index is 12.3. The monoisotopic (exact) mass is 332 g/mol. The molecular weight excluding hydrogens is 312 g/mol. The largest absolute Gasteiger partial charge is 0.497 e. The summed E-state index contributed by atoms with van der Waals surface area (Å²) in [7, 11) is 1.59. The minimum Gasteiger partial charge on any atom is -0.497 e. The Kier molecular flexibility index (Phi) is 4.59. The molecule has 0 N–H and O–H groups in total. The molecule has 7 nitrogen and oxygen atoms in total. The quantitative estimate of drug-likeness (QED) is 0.802. The van der Waals surface area contributed by atoms with Gasteiger partial charge in [-0.1, -0.05) is 0 Å². The van der Waals surface area contributed by atoms with Crippen LogP contribution in [0.3, 0.4) is 0 Å². The van der Waals surface area contributed by atoms with Gasteiger partial charge < -0.3 is 23.7 Å².